The van der Waals surface area contributed by atoms with Crippen molar-refractivity contribution in [2.75, 3.05) is 20.3 Å². The van der Waals surface area contributed by atoms with Crippen molar-refractivity contribution in [3.63, 3.8) is 0 Å². The normalized spacial score (nSPS) is 13.8. The number of hydrogen-bond donors (Lipinski definition) is 0. The fraction of sp³-hybridized carbons (Fsp3) is 0.923. The van der Waals surface area contributed by atoms with Crippen LogP contribution in [-0.2, 0) is 14.3 Å². The highest BCUT2D eigenvalue weighted by Gasteiger charge is 2.09. The number of rotatable bonds is 5. The monoisotopic (exact) mass is 230 g/mol. The van der Waals surface area contributed by atoms with E-state index in [0.29, 0.717) is 11.8 Å². The number of esters is 1. The van der Waals surface area contributed by atoms with E-state index in [1.165, 1.54) is 20.0 Å². The molecule has 0 unspecified atom stereocenters. The van der Waals surface area contributed by atoms with E-state index in [2.05, 4.69) is 30.2 Å². The van der Waals surface area contributed by atoms with Gasteiger partial charge in [-0.15, -0.1) is 0 Å². The third-order valence-electron chi connectivity index (χ3n) is 2.24. The van der Waals surface area contributed by atoms with Gasteiger partial charge in [-0.25, -0.2) is 0 Å². The van der Waals surface area contributed by atoms with Crippen LogP contribution in [0.3, 0.4) is 0 Å². The Kier molecular flexibility index (Phi) is 8.26. The maximum atomic E-state index is 10.7. The van der Waals surface area contributed by atoms with E-state index in [1.807, 2.05) is 0 Å². The number of epoxide rings is 1. The van der Waals surface area contributed by atoms with Gasteiger partial charge in [0.2, 0.25) is 0 Å². The van der Waals surface area contributed by atoms with Gasteiger partial charge >= 0.3 is 5.97 Å². The molecule has 0 radical (unpaired) electrons. The maximum Gasteiger partial charge on any atom is 0.305 e. The molecule has 3 heteroatoms. The van der Waals surface area contributed by atoms with Gasteiger partial charge in [0.25, 0.3) is 0 Å². The number of carbonyl (C=O) groups excluding carboxylic acids is 1. The predicted molar refractivity (Wildman–Crippen MR) is 65.4 cm³/mol. The largest absolute Gasteiger partial charge is 0.469 e. The van der Waals surface area contributed by atoms with Gasteiger partial charge in [0.05, 0.1) is 20.3 Å². The molecule has 1 aliphatic heterocycles. The average Bonchev–Trinajstić information content (AvgIpc) is 3.01. The van der Waals surface area contributed by atoms with Crippen molar-refractivity contribution in [3.8, 4) is 0 Å². The molecule has 96 valence electrons. The minimum Gasteiger partial charge on any atom is -0.469 e. The number of hydrogen-bond acceptors (Lipinski definition) is 3. The molecule has 1 aliphatic rings. The Morgan fingerprint density at radius 1 is 1.19 bits per heavy atom. The molecule has 0 bridgehead atoms. The first-order valence-corrected chi connectivity index (χ1v) is 6.10. The van der Waals surface area contributed by atoms with Crippen LogP contribution in [0.5, 0.6) is 0 Å². The Morgan fingerprint density at radius 2 is 1.75 bits per heavy atom. The molecule has 0 aliphatic carbocycles. The quantitative estimate of drug-likeness (QED) is 0.413. The lowest BCUT2D eigenvalue weighted by molar-refractivity contribution is -0.140. The summed E-state index contributed by atoms with van der Waals surface area (Å²) in [5.74, 6) is -0.0873. The lowest BCUT2D eigenvalue weighted by Gasteiger charge is -2.17. The SMILES string of the molecule is C1CO1.COC(=O)CCCCCC(C)(C)C. The van der Waals surface area contributed by atoms with E-state index in [9.17, 15) is 4.79 Å². The molecule has 0 aromatic carbocycles. The average molecular weight is 230 g/mol. The van der Waals surface area contributed by atoms with Gasteiger partial charge in [-0.3, -0.25) is 4.79 Å². The van der Waals surface area contributed by atoms with Crippen molar-refractivity contribution >= 4 is 5.97 Å². The minimum absolute atomic E-state index is 0.0873. The van der Waals surface area contributed by atoms with E-state index in [4.69, 9.17) is 0 Å². The van der Waals surface area contributed by atoms with E-state index < -0.39 is 0 Å². The number of methoxy groups -OCH3 is 1. The highest BCUT2D eigenvalue weighted by Crippen LogP contribution is 2.22. The lowest BCUT2D eigenvalue weighted by Crippen LogP contribution is -2.04. The molecule has 0 N–H and O–H groups in total. The Bertz CT molecular complexity index is 177. The third-order valence-corrected chi connectivity index (χ3v) is 2.24. The van der Waals surface area contributed by atoms with E-state index in [-0.39, 0.29) is 5.97 Å². The molecule has 0 amide bonds. The van der Waals surface area contributed by atoms with Crippen molar-refractivity contribution in [1.82, 2.24) is 0 Å². The van der Waals surface area contributed by atoms with Crippen LogP contribution in [0.4, 0.5) is 0 Å². The van der Waals surface area contributed by atoms with Gasteiger partial charge < -0.3 is 9.47 Å². The molecule has 1 heterocycles. The summed E-state index contributed by atoms with van der Waals surface area (Å²) in [5.41, 5.74) is 0.422. The van der Waals surface area contributed by atoms with E-state index in [0.717, 1.165) is 26.1 Å². The standard InChI is InChI=1S/C11H22O2.C2H4O/c1-11(2,3)9-7-5-6-8-10(12)13-4;1-2-3-1/h5-9H2,1-4H3;1-2H2. The van der Waals surface area contributed by atoms with Gasteiger partial charge in [-0.1, -0.05) is 33.6 Å². The van der Waals surface area contributed by atoms with Crippen molar-refractivity contribution in [2.45, 2.75) is 52.9 Å². The first-order valence-electron chi connectivity index (χ1n) is 6.10. The van der Waals surface area contributed by atoms with Crippen LogP contribution in [0, 0.1) is 5.41 Å². The third kappa shape index (κ3) is 15.9. The first-order chi connectivity index (χ1) is 7.45. The van der Waals surface area contributed by atoms with Crippen LogP contribution in [0.25, 0.3) is 0 Å². The lowest BCUT2D eigenvalue weighted by atomic mass is 9.89. The fourth-order valence-electron chi connectivity index (χ4n) is 1.20. The summed E-state index contributed by atoms with van der Waals surface area (Å²) in [6, 6.07) is 0. The molecule has 1 fully saturated rings. The second-order valence-electron chi connectivity index (χ2n) is 5.31. The zero-order valence-electron chi connectivity index (χ0n) is 11.2. The Balaban J connectivity index is 0.000000635. The zero-order valence-corrected chi connectivity index (χ0v) is 11.2. The van der Waals surface area contributed by atoms with Crippen LogP contribution in [0.15, 0.2) is 0 Å². The predicted octanol–water partition coefficient (Wildman–Crippen LogP) is 3.17. The Hall–Kier alpha value is -0.570. The van der Waals surface area contributed by atoms with Crippen LogP contribution >= 0.6 is 0 Å². The maximum absolute atomic E-state index is 10.7. The number of carbonyl (C=O) groups is 1. The fourth-order valence-corrected chi connectivity index (χ4v) is 1.20. The Labute approximate surface area is 99.5 Å². The van der Waals surface area contributed by atoms with Gasteiger partial charge in [0.1, 0.15) is 0 Å². The summed E-state index contributed by atoms with van der Waals surface area (Å²) < 4.78 is 9.06. The number of ether oxygens (including phenoxy) is 2. The van der Waals surface area contributed by atoms with Gasteiger partial charge in [-0.2, -0.15) is 0 Å². The van der Waals surface area contributed by atoms with Gasteiger partial charge in [0.15, 0.2) is 0 Å². The van der Waals surface area contributed by atoms with Crippen molar-refractivity contribution in [1.29, 1.82) is 0 Å². The molecular weight excluding hydrogens is 204 g/mol. The summed E-state index contributed by atoms with van der Waals surface area (Å²) in [6.07, 6.45) is 5.10. The van der Waals surface area contributed by atoms with Crippen LogP contribution in [0.1, 0.15) is 52.9 Å². The smallest absolute Gasteiger partial charge is 0.305 e. The van der Waals surface area contributed by atoms with Crippen LogP contribution in [0.2, 0.25) is 0 Å². The molecular formula is C13H26O3. The van der Waals surface area contributed by atoms with Gasteiger partial charge in [0, 0.05) is 6.42 Å². The van der Waals surface area contributed by atoms with E-state index >= 15 is 0 Å². The highest BCUT2D eigenvalue weighted by molar-refractivity contribution is 5.68. The summed E-state index contributed by atoms with van der Waals surface area (Å²) in [4.78, 5) is 10.7. The summed E-state index contributed by atoms with van der Waals surface area (Å²) in [5, 5.41) is 0. The van der Waals surface area contributed by atoms with Crippen LogP contribution in [-0.4, -0.2) is 26.3 Å². The van der Waals surface area contributed by atoms with Gasteiger partial charge in [-0.05, 0) is 18.3 Å². The topological polar surface area (TPSA) is 38.8 Å². The van der Waals surface area contributed by atoms with Crippen molar-refractivity contribution in [2.24, 2.45) is 5.41 Å². The van der Waals surface area contributed by atoms with Crippen molar-refractivity contribution in [3.05, 3.63) is 0 Å². The zero-order chi connectivity index (χ0) is 12.4. The van der Waals surface area contributed by atoms with Crippen LogP contribution < -0.4 is 0 Å². The summed E-state index contributed by atoms with van der Waals surface area (Å²) >= 11 is 0. The molecule has 0 aromatic heterocycles. The summed E-state index contributed by atoms with van der Waals surface area (Å²) in [7, 11) is 1.44. The molecule has 1 rings (SSSR count). The molecule has 0 saturated carbocycles. The highest BCUT2D eigenvalue weighted by atomic mass is 16.6. The second-order valence-corrected chi connectivity index (χ2v) is 5.31. The molecule has 0 spiro atoms. The molecule has 3 nitrogen and oxygen atoms in total. The number of unbranched alkanes of at least 4 members (excludes halogenated alkanes) is 2. The summed E-state index contributed by atoms with van der Waals surface area (Å²) in [6.45, 7) is 8.73. The molecule has 1 saturated heterocycles. The first kappa shape index (κ1) is 15.4. The second kappa shape index (κ2) is 8.57. The Morgan fingerprint density at radius 3 is 2.12 bits per heavy atom. The van der Waals surface area contributed by atoms with E-state index in [1.54, 1.807) is 0 Å². The minimum atomic E-state index is -0.0873. The van der Waals surface area contributed by atoms with Crippen molar-refractivity contribution < 1.29 is 14.3 Å². The molecule has 0 aromatic rings. The molecule has 16 heavy (non-hydrogen) atoms. The molecule has 0 atom stereocenters.